The van der Waals surface area contributed by atoms with Crippen molar-refractivity contribution < 1.29 is 4.74 Å². The van der Waals surface area contributed by atoms with Crippen LogP contribution >= 0.6 is 23.4 Å². The van der Waals surface area contributed by atoms with Gasteiger partial charge in [0.05, 0.1) is 30.5 Å². The largest absolute Gasteiger partial charge is 0.377 e. The first-order valence-corrected chi connectivity index (χ1v) is 8.33. The van der Waals surface area contributed by atoms with Gasteiger partial charge in [0.25, 0.3) is 0 Å². The Morgan fingerprint density at radius 2 is 2.35 bits per heavy atom. The molecule has 1 aliphatic rings. The van der Waals surface area contributed by atoms with Gasteiger partial charge in [-0.2, -0.15) is 9.97 Å². The van der Waals surface area contributed by atoms with Crippen LogP contribution in [-0.4, -0.2) is 46.6 Å². The number of thioether (sulfide) groups is 1. The van der Waals surface area contributed by atoms with Gasteiger partial charge in [-0.1, -0.05) is 0 Å². The summed E-state index contributed by atoms with van der Waals surface area (Å²) >= 11 is 7.87. The van der Waals surface area contributed by atoms with Gasteiger partial charge >= 0.3 is 0 Å². The molecule has 0 bridgehead atoms. The topological polar surface area (TPSA) is 43.2 Å². The minimum absolute atomic E-state index is 0.293. The molecule has 1 aliphatic heterocycles. The van der Waals surface area contributed by atoms with Crippen molar-refractivity contribution in [1.29, 1.82) is 0 Å². The van der Waals surface area contributed by atoms with E-state index in [-0.39, 0.29) is 0 Å². The molecule has 20 heavy (non-hydrogen) atoms. The van der Waals surface area contributed by atoms with Gasteiger partial charge in [-0.3, -0.25) is 0 Å². The second-order valence-electron chi connectivity index (χ2n) is 4.87. The standard InChI is InChI=1S/C13H17ClN4OS/c1-9-7-19-6-5-18(9)12-10-3-4-17(8-20-2)11(10)15-13(14)16-12/h3-4,9H,5-8H2,1-2H3. The molecule has 1 atom stereocenters. The summed E-state index contributed by atoms with van der Waals surface area (Å²) in [4.78, 5) is 11.1. The Morgan fingerprint density at radius 1 is 1.50 bits per heavy atom. The molecule has 0 amide bonds. The third-order valence-corrected chi connectivity index (χ3v) is 4.18. The van der Waals surface area contributed by atoms with Crippen LogP contribution in [0.1, 0.15) is 6.92 Å². The lowest BCUT2D eigenvalue weighted by Gasteiger charge is -2.34. The summed E-state index contributed by atoms with van der Waals surface area (Å²) in [5, 5.41) is 1.35. The van der Waals surface area contributed by atoms with Crippen LogP contribution in [0, 0.1) is 0 Å². The first-order valence-electron chi connectivity index (χ1n) is 6.56. The van der Waals surface area contributed by atoms with Crippen molar-refractivity contribution in [1.82, 2.24) is 14.5 Å². The summed E-state index contributed by atoms with van der Waals surface area (Å²) < 4.78 is 7.59. The number of anilines is 1. The van der Waals surface area contributed by atoms with E-state index in [0.29, 0.717) is 17.9 Å². The molecule has 108 valence electrons. The zero-order chi connectivity index (χ0) is 14.1. The number of nitrogens with zero attached hydrogens (tertiary/aromatic N) is 4. The van der Waals surface area contributed by atoms with E-state index in [9.17, 15) is 0 Å². The Kier molecular flexibility index (Phi) is 4.05. The van der Waals surface area contributed by atoms with Crippen LogP contribution in [0.25, 0.3) is 11.0 Å². The van der Waals surface area contributed by atoms with E-state index in [1.165, 1.54) is 0 Å². The summed E-state index contributed by atoms with van der Waals surface area (Å²) in [6.07, 6.45) is 4.11. The average Bonchev–Trinajstić information content (AvgIpc) is 2.82. The third-order valence-electron chi connectivity index (χ3n) is 3.48. The Hall–Kier alpha value is -0.980. The SMILES string of the molecule is CSCn1ccc2c(N3CCOCC3C)nc(Cl)nc21. The second-order valence-corrected chi connectivity index (χ2v) is 6.05. The van der Waals surface area contributed by atoms with Crippen LogP contribution in [0.4, 0.5) is 5.82 Å². The molecule has 0 N–H and O–H groups in total. The average molecular weight is 313 g/mol. The Bertz CT molecular complexity index is 618. The fourth-order valence-electron chi connectivity index (χ4n) is 2.53. The van der Waals surface area contributed by atoms with Crippen LogP contribution in [0.5, 0.6) is 0 Å². The normalized spacial score (nSPS) is 19.8. The molecular formula is C13H17ClN4OS. The van der Waals surface area contributed by atoms with Gasteiger partial charge in [0.15, 0.2) is 0 Å². The fraction of sp³-hybridized carbons (Fsp3) is 0.538. The highest BCUT2D eigenvalue weighted by Gasteiger charge is 2.23. The first kappa shape index (κ1) is 14.0. The Balaban J connectivity index is 2.10. The molecular weight excluding hydrogens is 296 g/mol. The molecule has 5 nitrogen and oxygen atoms in total. The molecule has 3 heterocycles. The first-order chi connectivity index (χ1) is 9.70. The predicted octanol–water partition coefficient (Wildman–Crippen LogP) is 2.63. The summed E-state index contributed by atoms with van der Waals surface area (Å²) in [6.45, 7) is 4.41. The van der Waals surface area contributed by atoms with Gasteiger partial charge in [0, 0.05) is 12.7 Å². The predicted molar refractivity (Wildman–Crippen MR) is 83.7 cm³/mol. The van der Waals surface area contributed by atoms with Crippen molar-refractivity contribution in [3.8, 4) is 0 Å². The minimum Gasteiger partial charge on any atom is -0.377 e. The molecule has 1 saturated heterocycles. The minimum atomic E-state index is 0.293. The molecule has 0 aromatic carbocycles. The lowest BCUT2D eigenvalue weighted by atomic mass is 10.2. The molecule has 0 spiro atoms. The number of rotatable bonds is 3. The molecule has 2 aromatic heterocycles. The van der Waals surface area contributed by atoms with Crippen LogP contribution < -0.4 is 4.90 Å². The zero-order valence-electron chi connectivity index (χ0n) is 11.5. The second kappa shape index (κ2) is 5.79. The molecule has 7 heteroatoms. The zero-order valence-corrected chi connectivity index (χ0v) is 13.1. The maximum atomic E-state index is 6.12. The van der Waals surface area contributed by atoms with E-state index in [1.54, 1.807) is 11.8 Å². The van der Waals surface area contributed by atoms with Crippen molar-refractivity contribution in [2.75, 3.05) is 30.9 Å². The summed E-state index contributed by atoms with van der Waals surface area (Å²) in [5.41, 5.74) is 0.896. The van der Waals surface area contributed by atoms with Crippen LogP contribution in [0.15, 0.2) is 12.3 Å². The number of halogens is 1. The van der Waals surface area contributed by atoms with Gasteiger partial charge < -0.3 is 14.2 Å². The molecule has 3 rings (SSSR count). The smallest absolute Gasteiger partial charge is 0.226 e. The number of ether oxygens (including phenoxy) is 1. The lowest BCUT2D eigenvalue weighted by Crippen LogP contribution is -2.44. The van der Waals surface area contributed by atoms with Gasteiger partial charge in [-0.05, 0) is 30.8 Å². The van der Waals surface area contributed by atoms with E-state index in [0.717, 1.165) is 35.9 Å². The number of aromatic nitrogens is 3. The maximum Gasteiger partial charge on any atom is 0.226 e. The van der Waals surface area contributed by atoms with Crippen molar-refractivity contribution in [2.45, 2.75) is 18.8 Å². The van der Waals surface area contributed by atoms with Crippen molar-refractivity contribution >= 4 is 40.2 Å². The molecule has 2 aromatic rings. The highest BCUT2D eigenvalue weighted by molar-refractivity contribution is 7.97. The Morgan fingerprint density at radius 3 is 3.10 bits per heavy atom. The van der Waals surface area contributed by atoms with Crippen LogP contribution in [-0.2, 0) is 10.6 Å². The number of fused-ring (bicyclic) bond motifs is 1. The fourth-order valence-corrected chi connectivity index (χ4v) is 3.17. The van der Waals surface area contributed by atoms with Gasteiger partial charge in [0.2, 0.25) is 5.28 Å². The van der Waals surface area contributed by atoms with Gasteiger partial charge in [-0.25, -0.2) is 0 Å². The lowest BCUT2D eigenvalue weighted by molar-refractivity contribution is 0.0987. The monoisotopic (exact) mass is 312 g/mol. The van der Waals surface area contributed by atoms with E-state index in [4.69, 9.17) is 16.3 Å². The molecule has 1 unspecified atom stereocenters. The van der Waals surface area contributed by atoms with Crippen molar-refractivity contribution in [2.24, 2.45) is 0 Å². The number of hydrogen-bond acceptors (Lipinski definition) is 5. The van der Waals surface area contributed by atoms with E-state index < -0.39 is 0 Å². The Labute approximate surface area is 127 Å². The van der Waals surface area contributed by atoms with Gasteiger partial charge in [0.1, 0.15) is 11.5 Å². The summed E-state index contributed by atoms with van der Waals surface area (Å²) in [6, 6.07) is 2.36. The van der Waals surface area contributed by atoms with E-state index >= 15 is 0 Å². The third kappa shape index (κ3) is 2.47. The number of morpholine rings is 1. The summed E-state index contributed by atoms with van der Waals surface area (Å²) in [5.74, 6) is 1.77. The molecule has 0 aliphatic carbocycles. The molecule has 0 saturated carbocycles. The highest BCUT2D eigenvalue weighted by atomic mass is 35.5. The van der Waals surface area contributed by atoms with Crippen molar-refractivity contribution in [3.05, 3.63) is 17.5 Å². The molecule has 0 radical (unpaired) electrons. The van der Waals surface area contributed by atoms with Crippen LogP contribution in [0.2, 0.25) is 5.28 Å². The van der Waals surface area contributed by atoms with E-state index in [2.05, 4.69) is 38.7 Å². The van der Waals surface area contributed by atoms with Gasteiger partial charge in [-0.15, -0.1) is 11.8 Å². The molecule has 1 fully saturated rings. The maximum absolute atomic E-state index is 6.12. The van der Waals surface area contributed by atoms with Crippen molar-refractivity contribution in [3.63, 3.8) is 0 Å². The number of hydrogen-bond donors (Lipinski definition) is 0. The quantitative estimate of drug-likeness (QED) is 0.815. The van der Waals surface area contributed by atoms with E-state index in [1.807, 2.05) is 6.20 Å². The highest BCUT2D eigenvalue weighted by Crippen LogP contribution is 2.29. The van der Waals surface area contributed by atoms with Crippen LogP contribution in [0.3, 0.4) is 0 Å². The summed E-state index contributed by atoms with van der Waals surface area (Å²) in [7, 11) is 0.